The van der Waals surface area contributed by atoms with Gasteiger partial charge in [-0.1, -0.05) is 30.7 Å². The van der Waals surface area contributed by atoms with E-state index in [1.54, 1.807) is 22.8 Å². The number of aromatic nitrogens is 2. The highest BCUT2D eigenvalue weighted by molar-refractivity contribution is 6.30. The number of halogens is 1. The van der Waals surface area contributed by atoms with E-state index in [0.29, 0.717) is 21.9 Å². The quantitative estimate of drug-likeness (QED) is 0.795. The average Bonchev–Trinajstić information content (AvgIpc) is 2.54. The summed E-state index contributed by atoms with van der Waals surface area (Å²) in [4.78, 5) is 17.4. The van der Waals surface area contributed by atoms with E-state index in [0.717, 1.165) is 18.7 Å². The van der Waals surface area contributed by atoms with Crippen molar-refractivity contribution in [3.8, 4) is 5.69 Å². The normalized spacial score (nSPS) is 10.8. The van der Waals surface area contributed by atoms with Crippen LogP contribution in [-0.4, -0.2) is 16.1 Å². The molecule has 0 spiro atoms. The predicted octanol–water partition coefficient (Wildman–Crippen LogP) is 3.86. The third-order valence-electron chi connectivity index (χ3n) is 3.39. The maximum absolute atomic E-state index is 12.8. The second-order valence-electron chi connectivity index (χ2n) is 5.00. The van der Waals surface area contributed by atoms with Crippen LogP contribution in [0.2, 0.25) is 5.02 Å². The summed E-state index contributed by atoms with van der Waals surface area (Å²) in [5.41, 5.74) is 1.34. The van der Waals surface area contributed by atoms with Crippen LogP contribution >= 0.6 is 11.6 Å². The Morgan fingerprint density at radius 2 is 1.86 bits per heavy atom. The van der Waals surface area contributed by atoms with E-state index in [4.69, 9.17) is 11.6 Å². The van der Waals surface area contributed by atoms with Gasteiger partial charge in [-0.05, 0) is 42.8 Å². The molecule has 0 aliphatic heterocycles. The summed E-state index contributed by atoms with van der Waals surface area (Å²) in [6, 6.07) is 14.5. The number of benzene rings is 2. The molecule has 2 aromatic carbocycles. The topological polar surface area (TPSA) is 46.9 Å². The first-order valence-electron chi connectivity index (χ1n) is 7.22. The van der Waals surface area contributed by atoms with Gasteiger partial charge >= 0.3 is 0 Å². The van der Waals surface area contributed by atoms with Crippen LogP contribution in [0.15, 0.2) is 53.3 Å². The summed E-state index contributed by atoms with van der Waals surface area (Å²) in [6.07, 6.45) is 0.948. The minimum atomic E-state index is -0.0912. The molecule has 3 aromatic rings. The molecule has 0 radical (unpaired) electrons. The molecule has 0 atom stereocenters. The molecule has 0 saturated carbocycles. The van der Waals surface area contributed by atoms with Crippen molar-refractivity contribution in [1.29, 1.82) is 0 Å². The van der Waals surface area contributed by atoms with Gasteiger partial charge in [-0.25, -0.2) is 9.55 Å². The highest BCUT2D eigenvalue weighted by atomic mass is 35.5. The van der Waals surface area contributed by atoms with Gasteiger partial charge in [0.15, 0.2) is 0 Å². The van der Waals surface area contributed by atoms with Gasteiger partial charge in [-0.3, -0.25) is 4.79 Å². The molecule has 1 aromatic heterocycles. The Morgan fingerprint density at radius 3 is 2.59 bits per heavy atom. The van der Waals surface area contributed by atoms with Crippen LogP contribution in [0.3, 0.4) is 0 Å². The molecule has 0 aliphatic carbocycles. The molecule has 0 fully saturated rings. The zero-order valence-electron chi connectivity index (χ0n) is 12.2. The molecule has 1 N–H and O–H groups in total. The molecule has 3 rings (SSSR count). The van der Waals surface area contributed by atoms with E-state index in [2.05, 4.69) is 17.2 Å². The summed E-state index contributed by atoms with van der Waals surface area (Å²) in [5, 5.41) is 4.46. The smallest absolute Gasteiger partial charge is 0.267 e. The van der Waals surface area contributed by atoms with Crippen LogP contribution < -0.4 is 10.9 Å². The Kier molecular flexibility index (Phi) is 4.11. The fourth-order valence-electron chi connectivity index (χ4n) is 2.32. The SMILES string of the molecule is CCCNc1nc2ccccc2c(=O)n1-c1ccc(Cl)cc1. The van der Waals surface area contributed by atoms with E-state index in [9.17, 15) is 4.79 Å². The number of nitrogens with zero attached hydrogens (tertiary/aromatic N) is 2. The number of hydrogen-bond acceptors (Lipinski definition) is 3. The standard InChI is InChI=1S/C17H16ClN3O/c1-2-11-19-17-20-15-6-4-3-5-14(15)16(22)21(17)13-9-7-12(18)8-10-13/h3-10H,2,11H2,1H3,(H,19,20). The van der Waals surface area contributed by atoms with Crippen LogP contribution in [-0.2, 0) is 0 Å². The molecular formula is C17H16ClN3O. The molecular weight excluding hydrogens is 298 g/mol. The van der Waals surface area contributed by atoms with E-state index in [-0.39, 0.29) is 5.56 Å². The lowest BCUT2D eigenvalue weighted by Crippen LogP contribution is -2.24. The van der Waals surface area contributed by atoms with Crippen molar-refractivity contribution in [2.45, 2.75) is 13.3 Å². The lowest BCUT2D eigenvalue weighted by Gasteiger charge is -2.14. The number of hydrogen-bond donors (Lipinski definition) is 1. The Hall–Kier alpha value is -2.33. The Labute approximate surface area is 133 Å². The van der Waals surface area contributed by atoms with Crippen molar-refractivity contribution in [2.75, 3.05) is 11.9 Å². The molecule has 0 aliphatic rings. The summed E-state index contributed by atoms with van der Waals surface area (Å²) in [5.74, 6) is 0.549. The number of para-hydroxylation sites is 1. The molecule has 0 amide bonds. The van der Waals surface area contributed by atoms with Crippen LogP contribution in [0.1, 0.15) is 13.3 Å². The minimum Gasteiger partial charge on any atom is -0.355 e. The van der Waals surface area contributed by atoms with Crippen molar-refractivity contribution < 1.29 is 0 Å². The van der Waals surface area contributed by atoms with Gasteiger partial charge in [0.05, 0.1) is 16.6 Å². The first kappa shape index (κ1) is 14.6. The molecule has 4 nitrogen and oxygen atoms in total. The monoisotopic (exact) mass is 313 g/mol. The van der Waals surface area contributed by atoms with Crippen molar-refractivity contribution in [1.82, 2.24) is 9.55 Å². The first-order valence-corrected chi connectivity index (χ1v) is 7.60. The van der Waals surface area contributed by atoms with E-state index >= 15 is 0 Å². The highest BCUT2D eigenvalue weighted by Crippen LogP contribution is 2.18. The van der Waals surface area contributed by atoms with Gasteiger partial charge in [-0.15, -0.1) is 0 Å². The summed E-state index contributed by atoms with van der Waals surface area (Å²) in [6.45, 7) is 2.82. The van der Waals surface area contributed by atoms with Crippen LogP contribution in [0.5, 0.6) is 0 Å². The third-order valence-corrected chi connectivity index (χ3v) is 3.65. The number of rotatable bonds is 4. The molecule has 5 heteroatoms. The number of nitrogens with one attached hydrogen (secondary N) is 1. The maximum Gasteiger partial charge on any atom is 0.267 e. The van der Waals surface area contributed by atoms with E-state index in [1.807, 2.05) is 30.3 Å². The Balaban J connectivity index is 2.27. The zero-order chi connectivity index (χ0) is 15.5. The van der Waals surface area contributed by atoms with Gasteiger partial charge in [0.25, 0.3) is 5.56 Å². The maximum atomic E-state index is 12.8. The molecule has 0 unspecified atom stereocenters. The van der Waals surface area contributed by atoms with Crippen LogP contribution in [0, 0.1) is 0 Å². The third kappa shape index (κ3) is 2.70. The van der Waals surface area contributed by atoms with E-state index in [1.165, 1.54) is 0 Å². The lowest BCUT2D eigenvalue weighted by atomic mass is 10.2. The van der Waals surface area contributed by atoms with Crippen LogP contribution in [0.4, 0.5) is 5.95 Å². The molecule has 0 saturated heterocycles. The predicted molar refractivity (Wildman–Crippen MR) is 91.1 cm³/mol. The summed E-state index contributed by atoms with van der Waals surface area (Å²) < 4.78 is 1.59. The lowest BCUT2D eigenvalue weighted by molar-refractivity contribution is 0.905. The Morgan fingerprint density at radius 1 is 1.14 bits per heavy atom. The largest absolute Gasteiger partial charge is 0.355 e. The van der Waals surface area contributed by atoms with Crippen molar-refractivity contribution in [2.24, 2.45) is 0 Å². The zero-order valence-corrected chi connectivity index (χ0v) is 13.0. The van der Waals surface area contributed by atoms with Crippen molar-refractivity contribution in [3.05, 3.63) is 63.9 Å². The fraction of sp³-hybridized carbons (Fsp3) is 0.176. The van der Waals surface area contributed by atoms with Crippen molar-refractivity contribution in [3.63, 3.8) is 0 Å². The van der Waals surface area contributed by atoms with Gasteiger partial charge in [0, 0.05) is 11.6 Å². The molecule has 0 bridgehead atoms. The fourth-order valence-corrected chi connectivity index (χ4v) is 2.44. The number of anilines is 1. The van der Waals surface area contributed by atoms with Crippen molar-refractivity contribution >= 4 is 28.5 Å². The Bertz CT molecular complexity index is 856. The molecule has 1 heterocycles. The second-order valence-corrected chi connectivity index (χ2v) is 5.43. The minimum absolute atomic E-state index is 0.0912. The molecule has 22 heavy (non-hydrogen) atoms. The molecule has 112 valence electrons. The highest BCUT2D eigenvalue weighted by Gasteiger charge is 2.12. The second kappa shape index (κ2) is 6.20. The average molecular weight is 314 g/mol. The van der Waals surface area contributed by atoms with E-state index < -0.39 is 0 Å². The van der Waals surface area contributed by atoms with Gasteiger partial charge in [0.2, 0.25) is 5.95 Å². The van der Waals surface area contributed by atoms with Crippen LogP contribution in [0.25, 0.3) is 16.6 Å². The summed E-state index contributed by atoms with van der Waals surface area (Å²) in [7, 11) is 0. The number of fused-ring (bicyclic) bond motifs is 1. The summed E-state index contributed by atoms with van der Waals surface area (Å²) >= 11 is 5.94. The first-order chi connectivity index (χ1) is 10.7. The van der Waals surface area contributed by atoms with Gasteiger partial charge in [-0.2, -0.15) is 0 Å². The van der Waals surface area contributed by atoms with Gasteiger partial charge in [0.1, 0.15) is 0 Å². The van der Waals surface area contributed by atoms with Gasteiger partial charge < -0.3 is 5.32 Å².